The predicted molar refractivity (Wildman–Crippen MR) is 78.2 cm³/mol. The van der Waals surface area contributed by atoms with Crippen LogP contribution < -0.4 is 5.43 Å². The number of fused-ring (bicyclic) bond motifs is 1. The first kappa shape index (κ1) is 11.9. The lowest BCUT2D eigenvalue weighted by atomic mass is 9.74. The topological polar surface area (TPSA) is 41.5 Å². The third kappa shape index (κ3) is 1.98. The van der Waals surface area contributed by atoms with Crippen molar-refractivity contribution in [2.75, 3.05) is 0 Å². The molecule has 1 aromatic carbocycles. The third-order valence-electron chi connectivity index (χ3n) is 4.83. The molecule has 0 bridgehead atoms. The maximum Gasteiger partial charge on any atom is 0.243 e. The number of hydrogen-bond acceptors (Lipinski definition) is 2. The molecular formula is C17H18N2O. The molecule has 4 atom stereocenters. The molecule has 2 saturated carbocycles. The van der Waals surface area contributed by atoms with Crippen molar-refractivity contribution >= 4 is 11.6 Å². The highest BCUT2D eigenvalue weighted by molar-refractivity contribution is 5.95. The number of amides is 1. The Morgan fingerprint density at radius 3 is 2.85 bits per heavy atom. The van der Waals surface area contributed by atoms with Crippen molar-refractivity contribution in [1.29, 1.82) is 0 Å². The van der Waals surface area contributed by atoms with Gasteiger partial charge in [0.05, 0.1) is 0 Å². The van der Waals surface area contributed by atoms with Crippen molar-refractivity contribution in [1.82, 2.24) is 5.43 Å². The molecule has 1 aromatic rings. The van der Waals surface area contributed by atoms with Crippen LogP contribution in [0.4, 0.5) is 0 Å². The van der Waals surface area contributed by atoms with Gasteiger partial charge >= 0.3 is 0 Å². The van der Waals surface area contributed by atoms with E-state index in [1.165, 1.54) is 11.3 Å². The van der Waals surface area contributed by atoms with Crippen molar-refractivity contribution in [3.05, 3.63) is 48.0 Å². The fourth-order valence-corrected chi connectivity index (χ4v) is 3.43. The smallest absolute Gasteiger partial charge is 0.243 e. The molecule has 2 fully saturated rings. The average Bonchev–Trinajstić information content (AvgIpc) is 3.18. The van der Waals surface area contributed by atoms with Gasteiger partial charge in [-0.2, -0.15) is 5.10 Å². The molecule has 0 heterocycles. The average molecular weight is 266 g/mol. The second-order valence-electron chi connectivity index (χ2n) is 6.08. The van der Waals surface area contributed by atoms with E-state index in [0.29, 0.717) is 17.8 Å². The standard InChI is InChI=1S/C17H18N2O/c20-17(15-10-14(15)11-5-2-1-3-6-11)19-18-16-9-12-7-4-8-13(12)16/h1-7,12-15H,8-10H2,(H,19,20)/b18-16+/t12-,13+,14+,15-/m1/s1. The number of allylic oxidation sites excluding steroid dienone is 2. The van der Waals surface area contributed by atoms with Crippen LogP contribution in [0.15, 0.2) is 47.6 Å². The van der Waals surface area contributed by atoms with E-state index in [9.17, 15) is 4.79 Å². The fraction of sp³-hybridized carbons (Fsp3) is 0.412. The molecule has 3 aliphatic carbocycles. The number of hydrogen-bond donors (Lipinski definition) is 1. The molecule has 102 valence electrons. The summed E-state index contributed by atoms with van der Waals surface area (Å²) in [7, 11) is 0. The minimum absolute atomic E-state index is 0.0840. The number of carbonyl (C=O) groups is 1. The van der Waals surface area contributed by atoms with Crippen molar-refractivity contribution < 1.29 is 4.79 Å². The van der Waals surface area contributed by atoms with Gasteiger partial charge in [-0.3, -0.25) is 4.79 Å². The zero-order valence-corrected chi connectivity index (χ0v) is 11.3. The quantitative estimate of drug-likeness (QED) is 0.663. The largest absolute Gasteiger partial charge is 0.273 e. The highest BCUT2D eigenvalue weighted by Gasteiger charge is 2.44. The van der Waals surface area contributed by atoms with Crippen LogP contribution in [0.2, 0.25) is 0 Å². The summed E-state index contributed by atoms with van der Waals surface area (Å²) in [6, 6.07) is 10.3. The van der Waals surface area contributed by atoms with Gasteiger partial charge in [-0.25, -0.2) is 5.43 Å². The minimum atomic E-state index is 0.0840. The first-order valence-corrected chi connectivity index (χ1v) is 7.41. The van der Waals surface area contributed by atoms with Crippen LogP contribution in [0.3, 0.4) is 0 Å². The second-order valence-corrected chi connectivity index (χ2v) is 6.08. The van der Waals surface area contributed by atoms with E-state index in [0.717, 1.165) is 19.3 Å². The van der Waals surface area contributed by atoms with Gasteiger partial charge < -0.3 is 0 Å². The summed E-state index contributed by atoms with van der Waals surface area (Å²) in [6.07, 6.45) is 7.57. The van der Waals surface area contributed by atoms with E-state index in [4.69, 9.17) is 0 Å². The maximum absolute atomic E-state index is 12.1. The van der Waals surface area contributed by atoms with E-state index >= 15 is 0 Å². The Labute approximate surface area is 118 Å². The molecule has 4 rings (SSSR count). The molecule has 0 spiro atoms. The van der Waals surface area contributed by atoms with Crippen LogP contribution in [0.25, 0.3) is 0 Å². The summed E-state index contributed by atoms with van der Waals surface area (Å²) in [6.45, 7) is 0. The van der Waals surface area contributed by atoms with Gasteiger partial charge in [0.2, 0.25) is 5.91 Å². The van der Waals surface area contributed by atoms with Gasteiger partial charge in [0.15, 0.2) is 0 Å². The number of nitrogens with zero attached hydrogens (tertiary/aromatic N) is 1. The number of rotatable bonds is 3. The predicted octanol–water partition coefficient (Wildman–Crippen LogP) is 2.86. The summed E-state index contributed by atoms with van der Waals surface area (Å²) in [5, 5.41) is 4.34. The Hall–Kier alpha value is -1.90. The van der Waals surface area contributed by atoms with E-state index in [-0.39, 0.29) is 11.8 Å². The second kappa shape index (κ2) is 4.58. The lowest BCUT2D eigenvalue weighted by molar-refractivity contribution is -0.122. The number of benzene rings is 1. The van der Waals surface area contributed by atoms with Crippen LogP contribution in [0.1, 0.15) is 30.7 Å². The maximum atomic E-state index is 12.1. The highest BCUT2D eigenvalue weighted by Crippen LogP contribution is 2.47. The monoisotopic (exact) mass is 266 g/mol. The lowest BCUT2D eigenvalue weighted by Gasteiger charge is -2.31. The first-order valence-electron chi connectivity index (χ1n) is 7.41. The molecule has 1 N–H and O–H groups in total. The Balaban J connectivity index is 1.33. The molecule has 1 amide bonds. The van der Waals surface area contributed by atoms with Gasteiger partial charge in [-0.1, -0.05) is 42.5 Å². The van der Waals surface area contributed by atoms with E-state index in [2.05, 4.69) is 34.8 Å². The van der Waals surface area contributed by atoms with Gasteiger partial charge in [-0.05, 0) is 36.7 Å². The summed E-state index contributed by atoms with van der Waals surface area (Å²) in [5.74, 6) is 1.84. The SMILES string of the molecule is O=C(N/N=C1\C[C@H]2C=CC[C@H]12)[C@@H]1C[C@H]1c1ccccc1. The summed E-state index contributed by atoms with van der Waals surface area (Å²) >= 11 is 0. The Bertz CT molecular complexity index is 590. The minimum Gasteiger partial charge on any atom is -0.273 e. The highest BCUT2D eigenvalue weighted by atomic mass is 16.2. The first-order chi connectivity index (χ1) is 9.83. The molecule has 0 aliphatic heterocycles. The Morgan fingerprint density at radius 2 is 2.05 bits per heavy atom. The zero-order chi connectivity index (χ0) is 13.5. The van der Waals surface area contributed by atoms with Crippen molar-refractivity contribution in [3.8, 4) is 0 Å². The summed E-state index contributed by atoms with van der Waals surface area (Å²) < 4.78 is 0. The van der Waals surface area contributed by atoms with Crippen LogP contribution in [-0.2, 0) is 4.79 Å². The Kier molecular flexibility index (Phi) is 2.72. The zero-order valence-electron chi connectivity index (χ0n) is 11.3. The molecule has 0 aromatic heterocycles. The summed E-state index contributed by atoms with van der Waals surface area (Å²) in [5.41, 5.74) is 5.22. The van der Waals surface area contributed by atoms with Gasteiger partial charge in [0.25, 0.3) is 0 Å². The van der Waals surface area contributed by atoms with Crippen LogP contribution in [-0.4, -0.2) is 11.6 Å². The molecule has 0 saturated heterocycles. The molecule has 3 nitrogen and oxygen atoms in total. The van der Waals surface area contributed by atoms with Crippen LogP contribution >= 0.6 is 0 Å². The van der Waals surface area contributed by atoms with Crippen LogP contribution in [0, 0.1) is 17.8 Å². The van der Waals surface area contributed by atoms with E-state index < -0.39 is 0 Å². The van der Waals surface area contributed by atoms with E-state index in [1.807, 2.05) is 18.2 Å². The van der Waals surface area contributed by atoms with E-state index in [1.54, 1.807) is 0 Å². The number of nitrogens with one attached hydrogen (secondary N) is 1. The number of carbonyl (C=O) groups excluding carboxylic acids is 1. The van der Waals surface area contributed by atoms with Crippen molar-refractivity contribution in [2.24, 2.45) is 22.9 Å². The molecule has 0 unspecified atom stereocenters. The third-order valence-corrected chi connectivity index (χ3v) is 4.83. The molecule has 0 radical (unpaired) electrons. The molecule has 3 aliphatic rings. The van der Waals surface area contributed by atoms with Gasteiger partial charge in [0.1, 0.15) is 0 Å². The Morgan fingerprint density at radius 1 is 1.20 bits per heavy atom. The van der Waals surface area contributed by atoms with Crippen LogP contribution in [0.5, 0.6) is 0 Å². The number of hydrazone groups is 1. The van der Waals surface area contributed by atoms with Crippen molar-refractivity contribution in [3.63, 3.8) is 0 Å². The fourth-order valence-electron chi connectivity index (χ4n) is 3.43. The molecule has 3 heteroatoms. The van der Waals surface area contributed by atoms with Gasteiger partial charge in [0, 0.05) is 17.5 Å². The molecule has 20 heavy (non-hydrogen) atoms. The lowest BCUT2D eigenvalue weighted by Crippen LogP contribution is -2.35. The van der Waals surface area contributed by atoms with Gasteiger partial charge in [-0.15, -0.1) is 0 Å². The molecular weight excluding hydrogens is 248 g/mol. The summed E-state index contributed by atoms with van der Waals surface area (Å²) in [4.78, 5) is 12.1. The van der Waals surface area contributed by atoms with Crippen molar-refractivity contribution in [2.45, 2.75) is 25.2 Å². The normalized spacial score (nSPS) is 35.5.